The van der Waals surface area contributed by atoms with E-state index < -0.39 is 0 Å². The first-order valence-corrected chi connectivity index (χ1v) is 5.90. The molecule has 0 spiro atoms. The summed E-state index contributed by atoms with van der Waals surface area (Å²) < 4.78 is 19.2. The van der Waals surface area contributed by atoms with Gasteiger partial charge in [0, 0.05) is 12.0 Å². The fraction of sp³-hybridized carbons (Fsp3) is 0.308. The monoisotopic (exact) mass is 251 g/mol. The third kappa shape index (κ3) is 1.61. The molecule has 0 atom stereocenters. The van der Waals surface area contributed by atoms with E-state index >= 15 is 0 Å². The van der Waals surface area contributed by atoms with Crippen LogP contribution < -0.4 is 0 Å². The summed E-state index contributed by atoms with van der Waals surface area (Å²) in [6.45, 7) is 2.98. The Morgan fingerprint density at radius 1 is 1.41 bits per heavy atom. The molecule has 0 saturated heterocycles. The molecule has 2 aromatic rings. The van der Waals surface area contributed by atoms with Crippen LogP contribution in [0.3, 0.4) is 0 Å². The number of aryl methyl sites for hydroxylation is 1. The SMILES string of the molecule is Cc1ccc(F)c2c(Cl)c3c(nc12)CCOC3. The number of nitrogens with zero attached hydrogens (tertiary/aromatic N) is 1. The number of fused-ring (bicyclic) bond motifs is 2. The first-order valence-electron chi connectivity index (χ1n) is 5.52. The molecular formula is C13H11ClFNO. The van der Waals surface area contributed by atoms with Crippen molar-refractivity contribution < 1.29 is 9.13 Å². The van der Waals surface area contributed by atoms with Crippen molar-refractivity contribution in [3.05, 3.63) is 39.8 Å². The molecule has 0 aliphatic carbocycles. The standard InChI is InChI=1S/C13H11ClFNO/c1-7-2-3-9(15)11-12(14)8-6-17-5-4-10(8)16-13(7)11/h2-3H,4-6H2,1H3. The molecule has 0 fully saturated rings. The number of benzene rings is 1. The maximum Gasteiger partial charge on any atom is 0.134 e. The number of hydrogen-bond donors (Lipinski definition) is 0. The molecule has 1 aromatic carbocycles. The summed E-state index contributed by atoms with van der Waals surface area (Å²) in [4.78, 5) is 4.53. The summed E-state index contributed by atoms with van der Waals surface area (Å²) in [5.74, 6) is -0.323. The van der Waals surface area contributed by atoms with E-state index in [2.05, 4.69) is 4.98 Å². The van der Waals surface area contributed by atoms with Crippen LogP contribution in [-0.4, -0.2) is 11.6 Å². The fourth-order valence-corrected chi connectivity index (χ4v) is 2.54. The molecule has 88 valence electrons. The van der Waals surface area contributed by atoms with E-state index in [1.807, 2.05) is 6.92 Å². The zero-order chi connectivity index (χ0) is 12.0. The van der Waals surface area contributed by atoms with Gasteiger partial charge in [0.25, 0.3) is 0 Å². The highest BCUT2D eigenvalue weighted by Gasteiger charge is 2.20. The molecule has 0 bridgehead atoms. The minimum atomic E-state index is -0.323. The van der Waals surface area contributed by atoms with E-state index in [-0.39, 0.29) is 5.82 Å². The second kappa shape index (κ2) is 3.93. The molecule has 0 radical (unpaired) electrons. The Balaban J connectivity index is 2.44. The molecule has 1 aliphatic heterocycles. The van der Waals surface area contributed by atoms with E-state index in [9.17, 15) is 4.39 Å². The van der Waals surface area contributed by atoms with Gasteiger partial charge in [-0.15, -0.1) is 0 Å². The van der Waals surface area contributed by atoms with Gasteiger partial charge in [-0.25, -0.2) is 4.39 Å². The number of pyridine rings is 1. The van der Waals surface area contributed by atoms with Gasteiger partial charge in [-0.1, -0.05) is 17.7 Å². The van der Waals surface area contributed by atoms with E-state index in [4.69, 9.17) is 16.3 Å². The molecule has 0 N–H and O–H groups in total. The Kier molecular flexibility index (Phi) is 2.53. The molecule has 0 unspecified atom stereocenters. The summed E-state index contributed by atoms with van der Waals surface area (Å²) in [5.41, 5.74) is 3.37. The van der Waals surface area contributed by atoms with Crippen LogP contribution in [0.5, 0.6) is 0 Å². The number of rotatable bonds is 0. The molecule has 0 amide bonds. The Morgan fingerprint density at radius 2 is 2.24 bits per heavy atom. The zero-order valence-electron chi connectivity index (χ0n) is 9.39. The Morgan fingerprint density at radius 3 is 3.06 bits per heavy atom. The molecule has 0 saturated carbocycles. The van der Waals surface area contributed by atoms with Gasteiger partial charge >= 0.3 is 0 Å². The summed E-state index contributed by atoms with van der Waals surface area (Å²) in [6.07, 6.45) is 0.737. The van der Waals surface area contributed by atoms with E-state index in [1.54, 1.807) is 6.07 Å². The first kappa shape index (κ1) is 10.9. The Bertz CT molecular complexity index is 612. The van der Waals surface area contributed by atoms with Crippen LogP contribution in [0.2, 0.25) is 5.02 Å². The van der Waals surface area contributed by atoms with Crippen LogP contribution in [0.25, 0.3) is 10.9 Å². The molecule has 1 aromatic heterocycles. The number of aromatic nitrogens is 1. The van der Waals surface area contributed by atoms with Crippen molar-refractivity contribution >= 4 is 22.5 Å². The minimum absolute atomic E-state index is 0.323. The van der Waals surface area contributed by atoms with Crippen LogP contribution in [-0.2, 0) is 17.8 Å². The second-order valence-corrected chi connectivity index (χ2v) is 4.62. The number of halogens is 2. The lowest BCUT2D eigenvalue weighted by Gasteiger charge is -2.19. The van der Waals surface area contributed by atoms with Crippen LogP contribution in [0.1, 0.15) is 16.8 Å². The molecule has 3 rings (SSSR count). The Labute approximate surface area is 103 Å². The van der Waals surface area contributed by atoms with Gasteiger partial charge in [-0.05, 0) is 18.6 Å². The predicted molar refractivity (Wildman–Crippen MR) is 64.8 cm³/mol. The van der Waals surface area contributed by atoms with Crippen molar-refractivity contribution in [1.82, 2.24) is 4.98 Å². The van der Waals surface area contributed by atoms with Crippen LogP contribution >= 0.6 is 11.6 Å². The number of hydrogen-bond acceptors (Lipinski definition) is 2. The van der Waals surface area contributed by atoms with Gasteiger partial charge in [-0.2, -0.15) is 0 Å². The molecule has 2 heterocycles. The summed E-state index contributed by atoms with van der Waals surface area (Å²) >= 11 is 6.28. The van der Waals surface area contributed by atoms with Crippen molar-refractivity contribution in [3.8, 4) is 0 Å². The van der Waals surface area contributed by atoms with Gasteiger partial charge < -0.3 is 4.74 Å². The van der Waals surface area contributed by atoms with Crippen molar-refractivity contribution in [2.45, 2.75) is 20.0 Å². The van der Waals surface area contributed by atoms with E-state index in [1.165, 1.54) is 6.07 Å². The van der Waals surface area contributed by atoms with Crippen molar-refractivity contribution in [1.29, 1.82) is 0 Å². The maximum atomic E-state index is 13.8. The summed E-state index contributed by atoms with van der Waals surface area (Å²) in [7, 11) is 0. The Hall–Kier alpha value is -1.19. The van der Waals surface area contributed by atoms with E-state index in [0.29, 0.717) is 29.1 Å². The summed E-state index contributed by atoms with van der Waals surface area (Å²) in [5, 5.41) is 0.863. The first-order chi connectivity index (χ1) is 8.18. The largest absolute Gasteiger partial charge is 0.376 e. The molecular weight excluding hydrogens is 241 g/mol. The van der Waals surface area contributed by atoms with Crippen molar-refractivity contribution in [2.75, 3.05) is 6.61 Å². The highest BCUT2D eigenvalue weighted by molar-refractivity contribution is 6.36. The van der Waals surface area contributed by atoms with Crippen LogP contribution in [0, 0.1) is 12.7 Å². The van der Waals surface area contributed by atoms with Gasteiger partial charge in [0.2, 0.25) is 0 Å². The fourth-order valence-electron chi connectivity index (χ4n) is 2.20. The maximum absolute atomic E-state index is 13.8. The highest BCUT2D eigenvalue weighted by Crippen LogP contribution is 2.33. The highest BCUT2D eigenvalue weighted by atomic mass is 35.5. The molecule has 17 heavy (non-hydrogen) atoms. The summed E-state index contributed by atoms with van der Waals surface area (Å²) in [6, 6.07) is 3.16. The molecule has 1 aliphatic rings. The quantitative estimate of drug-likeness (QED) is 0.716. The van der Waals surface area contributed by atoms with Gasteiger partial charge in [0.1, 0.15) is 5.82 Å². The predicted octanol–water partition coefficient (Wildman–Crippen LogP) is 3.41. The van der Waals surface area contributed by atoms with Gasteiger partial charge in [-0.3, -0.25) is 4.98 Å². The third-order valence-corrected chi connectivity index (χ3v) is 3.56. The average Bonchev–Trinajstić information content (AvgIpc) is 2.34. The van der Waals surface area contributed by atoms with Crippen LogP contribution in [0.15, 0.2) is 12.1 Å². The lowest BCUT2D eigenvalue weighted by atomic mass is 10.0. The zero-order valence-corrected chi connectivity index (χ0v) is 10.1. The van der Waals surface area contributed by atoms with Gasteiger partial charge in [0.15, 0.2) is 0 Å². The van der Waals surface area contributed by atoms with Crippen LogP contribution in [0.4, 0.5) is 4.39 Å². The van der Waals surface area contributed by atoms with E-state index in [0.717, 1.165) is 23.2 Å². The normalized spacial score (nSPS) is 15.0. The lowest BCUT2D eigenvalue weighted by molar-refractivity contribution is 0.109. The molecule has 2 nitrogen and oxygen atoms in total. The third-order valence-electron chi connectivity index (χ3n) is 3.14. The minimum Gasteiger partial charge on any atom is -0.376 e. The topological polar surface area (TPSA) is 22.1 Å². The smallest absolute Gasteiger partial charge is 0.134 e. The van der Waals surface area contributed by atoms with Crippen molar-refractivity contribution in [2.24, 2.45) is 0 Å². The average molecular weight is 252 g/mol. The lowest BCUT2D eigenvalue weighted by Crippen LogP contribution is -2.13. The number of ether oxygens (including phenoxy) is 1. The molecule has 4 heteroatoms. The van der Waals surface area contributed by atoms with Crippen molar-refractivity contribution in [3.63, 3.8) is 0 Å². The second-order valence-electron chi connectivity index (χ2n) is 4.24. The van der Waals surface area contributed by atoms with Gasteiger partial charge in [0.05, 0.1) is 34.8 Å².